The number of hydrogen-bond acceptors (Lipinski definition) is 5. The predicted molar refractivity (Wildman–Crippen MR) is 110 cm³/mol. The van der Waals surface area contributed by atoms with Gasteiger partial charge in [0.2, 0.25) is 0 Å². The van der Waals surface area contributed by atoms with Gasteiger partial charge in [-0.3, -0.25) is 10.2 Å². The highest BCUT2D eigenvalue weighted by molar-refractivity contribution is 7.22. The lowest BCUT2D eigenvalue weighted by molar-refractivity contribution is -0.138. The Bertz CT molecular complexity index is 1010. The number of morpholine rings is 1. The molecule has 4 rings (SSSR count). The summed E-state index contributed by atoms with van der Waals surface area (Å²) in [5, 5.41) is 5.40. The molecule has 10 heteroatoms. The molecule has 2 aromatic carbocycles. The van der Waals surface area contributed by atoms with Gasteiger partial charge in [0, 0.05) is 25.3 Å². The molecule has 1 aromatic heterocycles. The van der Waals surface area contributed by atoms with Crippen LogP contribution in [-0.4, -0.2) is 42.2 Å². The van der Waals surface area contributed by atoms with Gasteiger partial charge in [-0.15, -0.1) is 0 Å². The Morgan fingerprint density at radius 3 is 2.63 bits per heavy atom. The van der Waals surface area contributed by atoms with Crippen LogP contribution in [0.4, 0.5) is 28.8 Å². The fourth-order valence-corrected chi connectivity index (χ4v) is 4.10. The maximum Gasteiger partial charge on any atom is 0.416 e. The topological polar surface area (TPSA) is 66.5 Å². The molecule has 6 nitrogen and oxygen atoms in total. The number of thiazole rings is 1. The van der Waals surface area contributed by atoms with Crippen LogP contribution in [0.2, 0.25) is 0 Å². The number of hydrogen-bond donors (Lipinski definition) is 2. The number of anilines is 2. The molecule has 2 N–H and O–H groups in total. The molecule has 30 heavy (non-hydrogen) atoms. The van der Waals surface area contributed by atoms with Crippen LogP contribution < -0.4 is 10.6 Å². The zero-order valence-electron chi connectivity index (χ0n) is 15.8. The highest BCUT2D eigenvalue weighted by Crippen LogP contribution is 2.34. The van der Waals surface area contributed by atoms with E-state index >= 15 is 0 Å². The summed E-state index contributed by atoms with van der Waals surface area (Å²) in [6.45, 7) is 2.36. The van der Waals surface area contributed by atoms with E-state index in [1.165, 1.54) is 23.5 Å². The summed E-state index contributed by atoms with van der Waals surface area (Å²) in [6.07, 6.45) is -4.52. The van der Waals surface area contributed by atoms with Crippen LogP contribution in [0.15, 0.2) is 42.5 Å². The second kappa shape index (κ2) is 8.58. The number of aromatic nitrogens is 1. The van der Waals surface area contributed by atoms with E-state index in [4.69, 9.17) is 4.74 Å². The molecule has 0 unspecified atom stereocenters. The van der Waals surface area contributed by atoms with E-state index in [9.17, 15) is 18.0 Å². The van der Waals surface area contributed by atoms with Crippen molar-refractivity contribution in [2.45, 2.75) is 12.7 Å². The van der Waals surface area contributed by atoms with Crippen molar-refractivity contribution in [2.24, 2.45) is 0 Å². The zero-order valence-corrected chi connectivity index (χ0v) is 16.6. The quantitative estimate of drug-likeness (QED) is 0.617. The number of halogens is 3. The van der Waals surface area contributed by atoms with Gasteiger partial charge < -0.3 is 10.1 Å². The summed E-state index contributed by atoms with van der Waals surface area (Å²) < 4.78 is 47.0. The largest absolute Gasteiger partial charge is 0.416 e. The Morgan fingerprint density at radius 2 is 1.90 bits per heavy atom. The molecule has 158 valence electrons. The number of nitrogens with zero attached hydrogens (tertiary/aromatic N) is 2. The van der Waals surface area contributed by atoms with E-state index in [2.05, 4.69) is 15.6 Å². The van der Waals surface area contributed by atoms with Gasteiger partial charge in [0.25, 0.3) is 0 Å². The minimum Gasteiger partial charge on any atom is -0.379 e. The molecule has 2 amide bonds. The number of rotatable bonds is 4. The summed E-state index contributed by atoms with van der Waals surface area (Å²) in [6, 6.07) is 10.6. The number of benzene rings is 2. The third kappa shape index (κ3) is 4.89. The minimum atomic E-state index is -4.52. The van der Waals surface area contributed by atoms with Gasteiger partial charge in [-0.2, -0.15) is 13.2 Å². The normalized spacial score (nSPS) is 15.3. The average Bonchev–Trinajstić information content (AvgIpc) is 3.11. The van der Waals surface area contributed by atoms with Crippen molar-refractivity contribution >= 4 is 38.4 Å². The van der Waals surface area contributed by atoms with E-state index in [0.29, 0.717) is 31.4 Å². The van der Waals surface area contributed by atoms with Crippen molar-refractivity contribution in [1.29, 1.82) is 0 Å². The van der Waals surface area contributed by atoms with Gasteiger partial charge >= 0.3 is 12.2 Å². The Hall–Kier alpha value is -2.69. The van der Waals surface area contributed by atoms with E-state index in [0.717, 1.165) is 16.3 Å². The van der Waals surface area contributed by atoms with Crippen molar-refractivity contribution in [3.63, 3.8) is 0 Å². The van der Waals surface area contributed by atoms with E-state index in [-0.39, 0.29) is 17.8 Å². The Balaban J connectivity index is 1.48. The van der Waals surface area contributed by atoms with Gasteiger partial charge in [-0.05, 0) is 29.8 Å². The lowest BCUT2D eigenvalue weighted by atomic mass is 10.0. The molecule has 1 saturated heterocycles. The third-order valence-corrected chi connectivity index (χ3v) is 5.64. The standard InChI is InChI=1S/C20H19F3N4O2S/c21-20(22,23)15-11-14(6-5-13(15)12-27-7-9-29-10-8-27)24-18(28)26-19-25-16-3-1-2-4-17(16)30-19/h1-6,11H,7-10,12H2,(H2,24,25,26,28). The van der Waals surface area contributed by atoms with Crippen LogP contribution in [0.1, 0.15) is 11.1 Å². The van der Waals surface area contributed by atoms with Crippen LogP contribution in [0.5, 0.6) is 0 Å². The highest BCUT2D eigenvalue weighted by Gasteiger charge is 2.34. The van der Waals surface area contributed by atoms with Crippen molar-refractivity contribution in [2.75, 3.05) is 36.9 Å². The molecule has 0 bridgehead atoms. The van der Waals surface area contributed by atoms with Crippen LogP contribution in [0.3, 0.4) is 0 Å². The van der Waals surface area contributed by atoms with Crippen LogP contribution >= 0.6 is 11.3 Å². The zero-order chi connectivity index (χ0) is 21.1. The number of ether oxygens (including phenoxy) is 1. The summed E-state index contributed by atoms with van der Waals surface area (Å²) in [5.74, 6) is 0. The minimum absolute atomic E-state index is 0.0617. The second-order valence-electron chi connectivity index (χ2n) is 6.82. The molecule has 0 spiro atoms. The fraction of sp³-hybridized carbons (Fsp3) is 0.300. The fourth-order valence-electron chi connectivity index (χ4n) is 3.24. The molecule has 1 aliphatic heterocycles. The molecular formula is C20H19F3N4O2S. The number of carbonyl (C=O) groups is 1. The average molecular weight is 436 g/mol. The number of para-hydroxylation sites is 1. The number of fused-ring (bicyclic) bond motifs is 1. The molecule has 3 aromatic rings. The van der Waals surface area contributed by atoms with Gasteiger partial charge in [-0.1, -0.05) is 29.5 Å². The van der Waals surface area contributed by atoms with E-state index < -0.39 is 17.8 Å². The van der Waals surface area contributed by atoms with E-state index in [1.807, 2.05) is 29.2 Å². The Kier molecular flexibility index (Phi) is 5.89. The van der Waals surface area contributed by atoms with Gasteiger partial charge in [0.1, 0.15) is 0 Å². The first kappa shape index (κ1) is 20.6. The predicted octanol–water partition coefficient (Wildman–Crippen LogP) is 4.79. The highest BCUT2D eigenvalue weighted by atomic mass is 32.1. The van der Waals surface area contributed by atoms with Gasteiger partial charge in [0.15, 0.2) is 5.13 Å². The molecule has 2 heterocycles. The smallest absolute Gasteiger partial charge is 0.379 e. The van der Waals surface area contributed by atoms with Crippen molar-refractivity contribution in [3.05, 3.63) is 53.6 Å². The van der Waals surface area contributed by atoms with Crippen molar-refractivity contribution in [1.82, 2.24) is 9.88 Å². The Labute approximate surface area is 174 Å². The van der Waals surface area contributed by atoms with E-state index in [1.54, 1.807) is 0 Å². The third-order valence-electron chi connectivity index (χ3n) is 4.69. The number of carbonyl (C=O) groups excluding carboxylic acids is 1. The lowest BCUT2D eigenvalue weighted by Gasteiger charge is -2.27. The number of nitrogens with one attached hydrogen (secondary N) is 2. The number of amides is 2. The monoisotopic (exact) mass is 436 g/mol. The van der Waals surface area contributed by atoms with Crippen LogP contribution in [0, 0.1) is 0 Å². The molecule has 0 saturated carbocycles. The summed E-state index contributed by atoms with van der Waals surface area (Å²) in [7, 11) is 0. The first-order chi connectivity index (χ1) is 14.4. The molecule has 1 aliphatic rings. The van der Waals surface area contributed by atoms with Crippen molar-refractivity contribution in [3.8, 4) is 0 Å². The number of urea groups is 1. The van der Waals surface area contributed by atoms with Gasteiger partial charge in [-0.25, -0.2) is 9.78 Å². The van der Waals surface area contributed by atoms with Crippen molar-refractivity contribution < 1.29 is 22.7 Å². The summed E-state index contributed by atoms with van der Waals surface area (Å²) in [4.78, 5) is 18.5. The van der Waals surface area contributed by atoms with Gasteiger partial charge in [0.05, 0.1) is 29.0 Å². The molecular weight excluding hydrogens is 417 g/mol. The van der Waals surface area contributed by atoms with Crippen LogP contribution in [-0.2, 0) is 17.5 Å². The first-order valence-corrected chi connectivity index (χ1v) is 10.1. The second-order valence-corrected chi connectivity index (χ2v) is 7.85. The summed E-state index contributed by atoms with van der Waals surface area (Å²) >= 11 is 1.29. The Morgan fingerprint density at radius 1 is 1.13 bits per heavy atom. The molecule has 0 atom stereocenters. The SMILES string of the molecule is O=C(Nc1ccc(CN2CCOCC2)c(C(F)(F)F)c1)Nc1nc2ccccc2s1. The maximum absolute atomic E-state index is 13.6. The number of alkyl halides is 3. The lowest BCUT2D eigenvalue weighted by Crippen LogP contribution is -2.36. The van der Waals surface area contributed by atoms with Crippen LogP contribution in [0.25, 0.3) is 10.2 Å². The molecule has 0 aliphatic carbocycles. The molecule has 1 fully saturated rings. The summed E-state index contributed by atoms with van der Waals surface area (Å²) in [5.41, 5.74) is 0.213. The first-order valence-electron chi connectivity index (χ1n) is 9.32. The maximum atomic E-state index is 13.6. The molecule has 0 radical (unpaired) electrons.